The lowest BCUT2D eigenvalue weighted by Crippen LogP contribution is -2.48. The molecule has 2 aliphatic carbocycles. The Bertz CT molecular complexity index is 1030. The fourth-order valence-electron chi connectivity index (χ4n) is 7.35. The van der Waals surface area contributed by atoms with Crippen LogP contribution in [0.25, 0.3) is 0 Å². The van der Waals surface area contributed by atoms with Crippen LogP contribution in [0.1, 0.15) is 116 Å². The molecule has 3 heteroatoms. The molecule has 0 saturated heterocycles. The maximum atomic E-state index is 9.91. The molecule has 1 aromatic carbocycles. The summed E-state index contributed by atoms with van der Waals surface area (Å²) in [6.45, 7) is 15.6. The summed E-state index contributed by atoms with van der Waals surface area (Å²) in [4.78, 5) is 0. The predicted octanol–water partition coefficient (Wildman–Crippen LogP) is 7.61. The van der Waals surface area contributed by atoms with Gasteiger partial charge in [-0.15, -0.1) is 0 Å². The largest absolute Gasteiger partial charge is 0.487 e. The number of ether oxygens (including phenoxy) is 2. The van der Waals surface area contributed by atoms with Gasteiger partial charge in [-0.1, -0.05) is 23.3 Å². The van der Waals surface area contributed by atoms with Crippen molar-refractivity contribution < 1.29 is 14.6 Å². The average Bonchev–Trinajstić information content (AvgIpc) is 2.71. The number of hydrogen-bond acceptors (Lipinski definition) is 3. The van der Waals surface area contributed by atoms with Gasteiger partial charge in [0.1, 0.15) is 22.7 Å². The molecule has 1 N–H and O–H groups in total. The van der Waals surface area contributed by atoms with Crippen LogP contribution < -0.4 is 9.47 Å². The summed E-state index contributed by atoms with van der Waals surface area (Å²) >= 11 is 0. The molecule has 2 unspecified atom stereocenters. The zero-order valence-corrected chi connectivity index (χ0v) is 22.3. The number of aliphatic hydroxyl groups excluding tert-OH is 1. The average molecular weight is 465 g/mol. The van der Waals surface area contributed by atoms with Crippen LogP contribution in [-0.4, -0.2) is 22.4 Å². The second-order valence-corrected chi connectivity index (χ2v) is 12.7. The standard InChI is InChI=1S/C31H44O3/c1-18-11-13-24-22(15-18)27-21(10-8-9-20(3)32)17-26-28(29(27)34-31(24,6)7)23-16-19(2)12-14-25(23)30(4,5)33-26/h15-17,20,22-25,32H,8-14H2,1-7H3/t20-,22?,23?,24-,25-/m1/s1. The van der Waals surface area contributed by atoms with Crippen LogP contribution in [0.5, 0.6) is 11.5 Å². The van der Waals surface area contributed by atoms with Gasteiger partial charge in [0.2, 0.25) is 0 Å². The third kappa shape index (κ3) is 4.02. The number of hydrogen-bond donors (Lipinski definition) is 1. The fraction of sp³-hybridized carbons (Fsp3) is 0.677. The lowest BCUT2D eigenvalue weighted by Gasteiger charge is -2.51. The van der Waals surface area contributed by atoms with Gasteiger partial charge in [-0.05, 0) is 105 Å². The first-order valence-corrected chi connectivity index (χ1v) is 13.6. The van der Waals surface area contributed by atoms with Crippen molar-refractivity contribution in [1.82, 2.24) is 0 Å². The Hall–Kier alpha value is -1.74. The van der Waals surface area contributed by atoms with E-state index in [4.69, 9.17) is 9.47 Å². The van der Waals surface area contributed by atoms with E-state index in [0.717, 1.165) is 43.6 Å². The van der Waals surface area contributed by atoms with Gasteiger partial charge in [-0.3, -0.25) is 0 Å². The van der Waals surface area contributed by atoms with Gasteiger partial charge >= 0.3 is 0 Å². The second kappa shape index (κ2) is 8.43. The van der Waals surface area contributed by atoms with Gasteiger partial charge in [0.25, 0.3) is 0 Å². The van der Waals surface area contributed by atoms with Crippen molar-refractivity contribution in [3.05, 3.63) is 46.1 Å². The summed E-state index contributed by atoms with van der Waals surface area (Å²) in [5.74, 6) is 3.81. The highest BCUT2D eigenvalue weighted by molar-refractivity contribution is 5.62. The third-order valence-electron chi connectivity index (χ3n) is 9.16. The molecule has 4 aliphatic rings. The van der Waals surface area contributed by atoms with Crippen LogP contribution in [0, 0.1) is 11.8 Å². The summed E-state index contributed by atoms with van der Waals surface area (Å²) in [7, 11) is 0. The quantitative estimate of drug-likeness (QED) is 0.466. The molecule has 1 aromatic rings. The van der Waals surface area contributed by atoms with E-state index in [1.165, 1.54) is 40.7 Å². The minimum Gasteiger partial charge on any atom is -0.487 e. The van der Waals surface area contributed by atoms with Gasteiger partial charge in [-0.2, -0.15) is 0 Å². The summed E-state index contributed by atoms with van der Waals surface area (Å²) in [6.07, 6.45) is 12.2. The van der Waals surface area contributed by atoms with Crippen LogP contribution >= 0.6 is 0 Å². The number of aryl methyl sites for hydroxylation is 1. The zero-order chi connectivity index (χ0) is 24.4. The van der Waals surface area contributed by atoms with Gasteiger partial charge in [0.05, 0.1) is 6.10 Å². The van der Waals surface area contributed by atoms with Crippen molar-refractivity contribution in [2.24, 2.45) is 11.8 Å². The fourth-order valence-corrected chi connectivity index (χ4v) is 7.35. The van der Waals surface area contributed by atoms with Crippen LogP contribution in [0.2, 0.25) is 0 Å². The maximum absolute atomic E-state index is 9.91. The van der Waals surface area contributed by atoms with E-state index < -0.39 is 0 Å². The third-order valence-corrected chi connectivity index (χ3v) is 9.16. The minimum atomic E-state index is -0.264. The zero-order valence-electron chi connectivity index (χ0n) is 22.3. The molecule has 0 spiro atoms. The molecular weight excluding hydrogens is 420 g/mol. The highest BCUT2D eigenvalue weighted by Crippen LogP contribution is 2.60. The number of allylic oxidation sites excluding steroid dienone is 4. The molecule has 34 heavy (non-hydrogen) atoms. The topological polar surface area (TPSA) is 38.7 Å². The van der Waals surface area contributed by atoms with Crippen molar-refractivity contribution in [3.8, 4) is 11.5 Å². The molecule has 0 saturated carbocycles. The Kier molecular flexibility index (Phi) is 5.95. The van der Waals surface area contributed by atoms with E-state index in [0.29, 0.717) is 23.7 Å². The van der Waals surface area contributed by atoms with Gasteiger partial charge in [0.15, 0.2) is 0 Å². The number of benzene rings is 1. The van der Waals surface area contributed by atoms with Crippen LogP contribution in [0.3, 0.4) is 0 Å². The summed E-state index contributed by atoms with van der Waals surface area (Å²) < 4.78 is 13.9. The minimum absolute atomic E-state index is 0.200. The second-order valence-electron chi connectivity index (χ2n) is 12.7. The normalized spacial score (nSPS) is 31.4. The van der Waals surface area contributed by atoms with Crippen LogP contribution in [0.15, 0.2) is 29.4 Å². The molecule has 0 aromatic heterocycles. The van der Waals surface area contributed by atoms with E-state index >= 15 is 0 Å². The SMILES string of the molecule is CC1=CC2c3c(CCC[C@@H](C)O)cc4c(c3OC(C)(C)[C@@H]2CC1)C1C=C(C)CC[C@H]1C(C)(C)O4. The molecule has 0 radical (unpaired) electrons. The first kappa shape index (κ1) is 24.0. The molecule has 0 amide bonds. The van der Waals surface area contributed by atoms with E-state index in [1.54, 1.807) is 0 Å². The van der Waals surface area contributed by atoms with Crippen molar-refractivity contribution in [1.29, 1.82) is 0 Å². The van der Waals surface area contributed by atoms with E-state index in [9.17, 15) is 5.11 Å². The number of aliphatic hydroxyl groups is 1. The molecular formula is C31H44O3. The van der Waals surface area contributed by atoms with Gasteiger partial charge in [-0.25, -0.2) is 0 Å². The molecule has 3 nitrogen and oxygen atoms in total. The number of rotatable bonds is 4. The molecule has 0 bridgehead atoms. The molecule has 186 valence electrons. The van der Waals surface area contributed by atoms with E-state index in [1.807, 2.05) is 6.92 Å². The van der Waals surface area contributed by atoms with E-state index in [-0.39, 0.29) is 17.3 Å². The van der Waals surface area contributed by atoms with Gasteiger partial charge < -0.3 is 14.6 Å². The molecule has 5 atom stereocenters. The maximum Gasteiger partial charge on any atom is 0.131 e. The first-order chi connectivity index (χ1) is 16.0. The number of fused-ring (bicyclic) bond motifs is 7. The Morgan fingerprint density at radius 3 is 2.06 bits per heavy atom. The van der Waals surface area contributed by atoms with E-state index in [2.05, 4.69) is 59.8 Å². The Balaban J connectivity index is 1.73. The molecule has 0 fully saturated rings. The predicted molar refractivity (Wildman–Crippen MR) is 139 cm³/mol. The van der Waals surface area contributed by atoms with Crippen LogP contribution in [-0.2, 0) is 6.42 Å². The van der Waals surface area contributed by atoms with Crippen molar-refractivity contribution in [3.63, 3.8) is 0 Å². The summed E-state index contributed by atoms with van der Waals surface area (Å²) in [5, 5.41) is 9.91. The molecule has 2 heterocycles. The summed E-state index contributed by atoms with van der Waals surface area (Å²) in [5.41, 5.74) is 6.64. The first-order valence-electron chi connectivity index (χ1n) is 13.6. The van der Waals surface area contributed by atoms with Crippen LogP contribution in [0.4, 0.5) is 0 Å². The summed E-state index contributed by atoms with van der Waals surface area (Å²) in [6, 6.07) is 2.35. The molecule has 5 rings (SSSR count). The smallest absolute Gasteiger partial charge is 0.131 e. The monoisotopic (exact) mass is 464 g/mol. The Morgan fingerprint density at radius 1 is 0.912 bits per heavy atom. The Morgan fingerprint density at radius 2 is 1.47 bits per heavy atom. The molecule has 2 aliphatic heterocycles. The van der Waals surface area contributed by atoms with Crippen molar-refractivity contribution >= 4 is 0 Å². The highest BCUT2D eigenvalue weighted by atomic mass is 16.5. The lowest BCUT2D eigenvalue weighted by atomic mass is 9.64. The lowest BCUT2D eigenvalue weighted by molar-refractivity contribution is -0.00605. The van der Waals surface area contributed by atoms with Crippen molar-refractivity contribution in [2.75, 3.05) is 0 Å². The Labute approximate surface area is 206 Å². The van der Waals surface area contributed by atoms with Crippen molar-refractivity contribution in [2.45, 2.75) is 123 Å². The highest BCUT2D eigenvalue weighted by Gasteiger charge is 2.51. The van der Waals surface area contributed by atoms with Gasteiger partial charge in [0, 0.05) is 34.8 Å².